The molecule has 0 saturated carbocycles. The van der Waals surface area contributed by atoms with E-state index in [0.717, 1.165) is 31.6 Å². The van der Waals surface area contributed by atoms with E-state index < -0.39 is 4.92 Å². The maximum atomic E-state index is 12.7. The Balaban J connectivity index is 1.93. The van der Waals surface area contributed by atoms with E-state index in [9.17, 15) is 14.9 Å². The van der Waals surface area contributed by atoms with Crippen LogP contribution in [0.2, 0.25) is 0 Å². The van der Waals surface area contributed by atoms with Crippen molar-refractivity contribution in [2.24, 2.45) is 11.8 Å². The average molecular weight is 331 g/mol. The summed E-state index contributed by atoms with van der Waals surface area (Å²) in [6.45, 7) is 7.70. The van der Waals surface area contributed by atoms with Crippen LogP contribution in [0, 0.1) is 22.0 Å². The molecule has 130 valence electrons. The maximum Gasteiger partial charge on any atom is 0.282 e. The fraction of sp³-hybridized carbons (Fsp3) is 0.611. The highest BCUT2D eigenvalue weighted by atomic mass is 16.6. The van der Waals surface area contributed by atoms with Crippen LogP contribution in [-0.2, 0) is 0 Å². The summed E-state index contributed by atoms with van der Waals surface area (Å²) < 4.78 is 0. The Labute approximate surface area is 142 Å². The van der Waals surface area contributed by atoms with Gasteiger partial charge in [0.1, 0.15) is 5.56 Å². The molecule has 2 fully saturated rings. The van der Waals surface area contributed by atoms with Gasteiger partial charge in [0.2, 0.25) is 0 Å². The molecule has 1 amide bonds. The molecule has 0 bridgehead atoms. The summed E-state index contributed by atoms with van der Waals surface area (Å²) in [5.74, 6) is 0.961. The van der Waals surface area contributed by atoms with Crippen molar-refractivity contribution < 1.29 is 9.72 Å². The first kappa shape index (κ1) is 16.7. The summed E-state index contributed by atoms with van der Waals surface area (Å²) in [5.41, 5.74) is 1.06. The standard InChI is InChI=1S/C18H25N3O3/c1-13-9-14(2)12-20(11-13)15-5-6-17(21(23)24)16(10-15)18(22)19-7-3-4-8-19/h5-6,10,13-14H,3-4,7-9,11-12H2,1-2H3/t13-,14-/m1/s1. The van der Waals surface area contributed by atoms with E-state index >= 15 is 0 Å². The zero-order valence-electron chi connectivity index (χ0n) is 14.4. The maximum absolute atomic E-state index is 12.7. The molecule has 2 atom stereocenters. The summed E-state index contributed by atoms with van der Waals surface area (Å²) in [4.78, 5) is 27.6. The second kappa shape index (κ2) is 6.79. The van der Waals surface area contributed by atoms with E-state index in [4.69, 9.17) is 0 Å². The molecule has 6 heteroatoms. The first-order valence-electron chi connectivity index (χ1n) is 8.78. The molecule has 2 heterocycles. The van der Waals surface area contributed by atoms with Crippen LogP contribution in [0.25, 0.3) is 0 Å². The van der Waals surface area contributed by atoms with Crippen LogP contribution in [0.1, 0.15) is 43.5 Å². The Morgan fingerprint density at radius 2 is 1.79 bits per heavy atom. The van der Waals surface area contributed by atoms with Crippen LogP contribution in [0.15, 0.2) is 18.2 Å². The topological polar surface area (TPSA) is 66.7 Å². The number of hydrogen-bond acceptors (Lipinski definition) is 4. The third-order valence-electron chi connectivity index (χ3n) is 5.03. The predicted molar refractivity (Wildman–Crippen MR) is 93.4 cm³/mol. The zero-order valence-corrected chi connectivity index (χ0v) is 14.4. The number of carbonyl (C=O) groups excluding carboxylic acids is 1. The van der Waals surface area contributed by atoms with Crippen LogP contribution >= 0.6 is 0 Å². The number of benzene rings is 1. The fourth-order valence-corrected chi connectivity index (χ4v) is 4.02. The lowest BCUT2D eigenvalue weighted by atomic mass is 9.91. The Morgan fingerprint density at radius 3 is 2.38 bits per heavy atom. The van der Waals surface area contributed by atoms with E-state index in [2.05, 4.69) is 18.7 Å². The van der Waals surface area contributed by atoms with Gasteiger partial charge < -0.3 is 9.80 Å². The minimum absolute atomic E-state index is 0.0891. The van der Waals surface area contributed by atoms with Gasteiger partial charge >= 0.3 is 0 Å². The molecule has 24 heavy (non-hydrogen) atoms. The van der Waals surface area contributed by atoms with Crippen molar-refractivity contribution in [2.75, 3.05) is 31.1 Å². The van der Waals surface area contributed by atoms with Gasteiger partial charge in [-0.1, -0.05) is 13.8 Å². The van der Waals surface area contributed by atoms with Crippen molar-refractivity contribution in [3.8, 4) is 0 Å². The van der Waals surface area contributed by atoms with Gasteiger partial charge in [0.15, 0.2) is 0 Å². The third kappa shape index (κ3) is 3.37. The van der Waals surface area contributed by atoms with Crippen molar-refractivity contribution >= 4 is 17.3 Å². The average Bonchev–Trinajstić information content (AvgIpc) is 3.07. The van der Waals surface area contributed by atoms with Crippen LogP contribution in [0.5, 0.6) is 0 Å². The zero-order chi connectivity index (χ0) is 17.3. The van der Waals surface area contributed by atoms with E-state index in [0.29, 0.717) is 24.9 Å². The van der Waals surface area contributed by atoms with Gasteiger partial charge in [0.25, 0.3) is 11.6 Å². The summed E-state index contributed by atoms with van der Waals surface area (Å²) in [7, 11) is 0. The SMILES string of the molecule is C[C@@H]1C[C@@H](C)CN(c2ccc([N+](=O)[O-])c(C(=O)N3CCCC3)c2)C1. The highest BCUT2D eigenvalue weighted by Crippen LogP contribution is 2.31. The third-order valence-corrected chi connectivity index (χ3v) is 5.03. The molecule has 1 aromatic rings. The number of hydrogen-bond donors (Lipinski definition) is 0. The van der Waals surface area contributed by atoms with Gasteiger partial charge in [0.05, 0.1) is 4.92 Å². The summed E-state index contributed by atoms with van der Waals surface area (Å²) in [6, 6.07) is 5.00. The number of likely N-dealkylation sites (tertiary alicyclic amines) is 1. The van der Waals surface area contributed by atoms with Crippen molar-refractivity contribution in [2.45, 2.75) is 33.1 Å². The monoisotopic (exact) mass is 331 g/mol. The Hall–Kier alpha value is -2.11. The minimum atomic E-state index is -0.450. The molecule has 0 spiro atoms. The van der Waals surface area contributed by atoms with Crippen molar-refractivity contribution in [3.63, 3.8) is 0 Å². The number of amides is 1. The second-order valence-electron chi connectivity index (χ2n) is 7.31. The quantitative estimate of drug-likeness (QED) is 0.629. The number of piperidine rings is 1. The van der Waals surface area contributed by atoms with E-state index in [1.54, 1.807) is 17.0 Å². The van der Waals surface area contributed by atoms with Crippen LogP contribution in [-0.4, -0.2) is 41.9 Å². The minimum Gasteiger partial charge on any atom is -0.371 e. The normalized spacial score (nSPS) is 24.2. The van der Waals surface area contributed by atoms with Crippen molar-refractivity contribution in [3.05, 3.63) is 33.9 Å². The summed E-state index contributed by atoms with van der Waals surface area (Å²) in [6.07, 6.45) is 3.14. The lowest BCUT2D eigenvalue weighted by molar-refractivity contribution is -0.385. The first-order valence-corrected chi connectivity index (χ1v) is 8.78. The van der Waals surface area contributed by atoms with E-state index in [1.807, 2.05) is 0 Å². The molecule has 6 nitrogen and oxygen atoms in total. The molecular weight excluding hydrogens is 306 g/mol. The molecule has 2 aliphatic rings. The molecule has 0 aromatic heterocycles. The molecule has 3 rings (SSSR count). The van der Waals surface area contributed by atoms with Crippen LogP contribution in [0.3, 0.4) is 0 Å². The number of carbonyl (C=O) groups is 1. The molecule has 2 saturated heterocycles. The Bertz CT molecular complexity index is 630. The molecule has 1 aromatic carbocycles. The Kier molecular flexibility index (Phi) is 4.73. The van der Waals surface area contributed by atoms with E-state index in [-0.39, 0.29) is 17.2 Å². The second-order valence-corrected chi connectivity index (χ2v) is 7.31. The van der Waals surface area contributed by atoms with Gasteiger partial charge in [-0.2, -0.15) is 0 Å². The molecule has 0 N–H and O–H groups in total. The lowest BCUT2D eigenvalue weighted by Crippen LogP contribution is -2.39. The van der Waals surface area contributed by atoms with E-state index in [1.165, 1.54) is 12.5 Å². The molecule has 0 unspecified atom stereocenters. The predicted octanol–water partition coefficient (Wildman–Crippen LogP) is 3.31. The lowest BCUT2D eigenvalue weighted by Gasteiger charge is -2.36. The summed E-state index contributed by atoms with van der Waals surface area (Å²) >= 11 is 0. The number of nitro groups is 1. The molecule has 0 radical (unpaired) electrons. The Morgan fingerprint density at radius 1 is 1.17 bits per heavy atom. The smallest absolute Gasteiger partial charge is 0.282 e. The summed E-state index contributed by atoms with van der Waals surface area (Å²) in [5, 5.41) is 11.4. The highest BCUT2D eigenvalue weighted by Gasteiger charge is 2.29. The molecule has 2 aliphatic heterocycles. The fourth-order valence-electron chi connectivity index (χ4n) is 4.02. The van der Waals surface area contributed by atoms with Crippen LogP contribution in [0.4, 0.5) is 11.4 Å². The number of nitrogens with zero attached hydrogens (tertiary/aromatic N) is 3. The van der Waals surface area contributed by atoms with Gasteiger partial charge in [-0.25, -0.2) is 0 Å². The highest BCUT2D eigenvalue weighted by molar-refractivity contribution is 5.99. The largest absolute Gasteiger partial charge is 0.371 e. The van der Waals surface area contributed by atoms with Gasteiger partial charge in [0, 0.05) is 37.9 Å². The van der Waals surface area contributed by atoms with Crippen LogP contribution < -0.4 is 4.90 Å². The number of nitro benzene ring substituents is 1. The number of rotatable bonds is 3. The molecular formula is C18H25N3O3. The van der Waals surface area contributed by atoms with Gasteiger partial charge in [-0.3, -0.25) is 14.9 Å². The number of anilines is 1. The first-order chi connectivity index (χ1) is 11.5. The molecule has 0 aliphatic carbocycles. The van der Waals surface area contributed by atoms with Crippen molar-refractivity contribution in [1.82, 2.24) is 4.90 Å². The van der Waals surface area contributed by atoms with Gasteiger partial charge in [-0.15, -0.1) is 0 Å². The van der Waals surface area contributed by atoms with Crippen molar-refractivity contribution in [1.29, 1.82) is 0 Å². The van der Waals surface area contributed by atoms with Gasteiger partial charge in [-0.05, 0) is 43.2 Å².